The van der Waals surface area contributed by atoms with Gasteiger partial charge in [0.15, 0.2) is 0 Å². The van der Waals surface area contributed by atoms with Crippen molar-refractivity contribution in [1.29, 1.82) is 0 Å². The first-order valence-corrected chi connectivity index (χ1v) is 11.3. The number of ether oxygens (including phenoxy) is 1. The van der Waals surface area contributed by atoms with Crippen LogP contribution in [0.3, 0.4) is 0 Å². The molecule has 25 heavy (non-hydrogen) atoms. The third-order valence-corrected chi connectivity index (χ3v) is 8.79. The monoisotopic (exact) mass is 346 g/mol. The largest absolute Gasteiger partial charge is 0.459 e. The highest BCUT2D eigenvalue weighted by Crippen LogP contribution is 2.66. The Morgan fingerprint density at radius 3 is 2.40 bits per heavy atom. The van der Waals surface area contributed by atoms with Crippen LogP contribution >= 0.6 is 0 Å². The minimum Gasteiger partial charge on any atom is -0.459 e. The predicted octanol–water partition coefficient (Wildman–Crippen LogP) is 5.99. The summed E-state index contributed by atoms with van der Waals surface area (Å²) in [6.45, 7) is 6.92. The summed E-state index contributed by atoms with van der Waals surface area (Å²) in [4.78, 5) is 13.1. The van der Waals surface area contributed by atoms with Crippen molar-refractivity contribution in [2.24, 2.45) is 41.4 Å². The summed E-state index contributed by atoms with van der Waals surface area (Å²) in [5, 5.41) is 0. The Kier molecular flexibility index (Phi) is 4.92. The molecule has 7 unspecified atom stereocenters. The van der Waals surface area contributed by atoms with Crippen LogP contribution in [0.2, 0.25) is 0 Å². The second-order valence-corrected chi connectivity index (χ2v) is 9.77. The molecule has 2 nitrogen and oxygen atoms in total. The van der Waals surface area contributed by atoms with Crippen LogP contribution in [-0.4, -0.2) is 11.6 Å². The SMILES string of the molecule is CCCC1CC(CC)C2C3CC(CC3C(=O)OC3(CC)CCCC3)C12. The lowest BCUT2D eigenvalue weighted by Crippen LogP contribution is -2.39. The van der Waals surface area contributed by atoms with Crippen molar-refractivity contribution in [2.45, 2.75) is 97.0 Å². The Morgan fingerprint density at radius 1 is 1.00 bits per heavy atom. The van der Waals surface area contributed by atoms with Crippen LogP contribution in [0.1, 0.15) is 91.4 Å². The summed E-state index contributed by atoms with van der Waals surface area (Å²) >= 11 is 0. The van der Waals surface area contributed by atoms with E-state index < -0.39 is 0 Å². The molecule has 4 saturated carbocycles. The van der Waals surface area contributed by atoms with Gasteiger partial charge in [0, 0.05) is 0 Å². The highest BCUT2D eigenvalue weighted by atomic mass is 16.6. The highest BCUT2D eigenvalue weighted by Gasteiger charge is 2.61. The molecule has 142 valence electrons. The molecule has 0 N–H and O–H groups in total. The van der Waals surface area contributed by atoms with Gasteiger partial charge in [-0.3, -0.25) is 4.79 Å². The number of hydrogen-bond acceptors (Lipinski definition) is 2. The van der Waals surface area contributed by atoms with E-state index in [1.165, 1.54) is 44.9 Å². The average Bonchev–Trinajstić information content (AvgIpc) is 3.36. The van der Waals surface area contributed by atoms with Crippen LogP contribution in [0.25, 0.3) is 0 Å². The van der Waals surface area contributed by atoms with Crippen LogP contribution in [-0.2, 0) is 9.53 Å². The van der Waals surface area contributed by atoms with Crippen LogP contribution in [0, 0.1) is 41.4 Å². The van der Waals surface area contributed by atoms with E-state index in [4.69, 9.17) is 4.74 Å². The summed E-state index contributed by atoms with van der Waals surface area (Å²) < 4.78 is 6.24. The van der Waals surface area contributed by atoms with Gasteiger partial charge in [-0.25, -0.2) is 0 Å². The van der Waals surface area contributed by atoms with Crippen molar-refractivity contribution in [3.05, 3.63) is 0 Å². The van der Waals surface area contributed by atoms with E-state index >= 15 is 0 Å². The van der Waals surface area contributed by atoms with Crippen LogP contribution < -0.4 is 0 Å². The van der Waals surface area contributed by atoms with Gasteiger partial charge in [0.05, 0.1) is 5.92 Å². The number of fused-ring (bicyclic) bond motifs is 5. The normalized spacial score (nSPS) is 44.2. The van der Waals surface area contributed by atoms with E-state index in [-0.39, 0.29) is 17.5 Å². The maximum absolute atomic E-state index is 13.1. The standard InChI is InChI=1S/C23H38O2/c1-4-9-16-12-15(5-2)21-18-13-17(20(16)21)14-19(18)22(24)25-23(6-3)10-7-8-11-23/h15-21H,4-14H2,1-3H3. The highest BCUT2D eigenvalue weighted by molar-refractivity contribution is 5.74. The molecule has 0 radical (unpaired) electrons. The van der Waals surface area contributed by atoms with Crippen molar-refractivity contribution in [3.63, 3.8) is 0 Å². The van der Waals surface area contributed by atoms with Crippen molar-refractivity contribution >= 4 is 5.97 Å². The number of esters is 1. The maximum atomic E-state index is 13.1. The first kappa shape index (κ1) is 17.9. The third-order valence-electron chi connectivity index (χ3n) is 8.79. The molecule has 0 aromatic heterocycles. The van der Waals surface area contributed by atoms with E-state index in [0.717, 1.165) is 55.3 Å². The lowest BCUT2D eigenvalue weighted by Gasteiger charge is -2.37. The van der Waals surface area contributed by atoms with Crippen molar-refractivity contribution in [2.75, 3.05) is 0 Å². The molecule has 0 aromatic rings. The second-order valence-electron chi connectivity index (χ2n) is 9.77. The molecule has 2 bridgehead atoms. The fourth-order valence-electron chi connectivity index (χ4n) is 7.74. The zero-order valence-corrected chi connectivity index (χ0v) is 16.6. The molecule has 0 spiro atoms. The number of carbonyl (C=O) groups is 1. The molecular formula is C23H38O2. The van der Waals surface area contributed by atoms with Crippen molar-refractivity contribution in [1.82, 2.24) is 0 Å². The van der Waals surface area contributed by atoms with Gasteiger partial charge in [-0.05, 0) is 86.9 Å². The summed E-state index contributed by atoms with van der Waals surface area (Å²) in [6, 6.07) is 0. The van der Waals surface area contributed by atoms with Gasteiger partial charge in [-0.15, -0.1) is 0 Å². The molecule has 7 atom stereocenters. The van der Waals surface area contributed by atoms with Crippen LogP contribution in [0.4, 0.5) is 0 Å². The lowest BCUT2D eigenvalue weighted by molar-refractivity contribution is -0.168. The zero-order valence-electron chi connectivity index (χ0n) is 16.6. The summed E-state index contributed by atoms with van der Waals surface area (Å²) in [6.07, 6.45) is 13.6. The first-order chi connectivity index (χ1) is 12.1. The van der Waals surface area contributed by atoms with Gasteiger partial charge in [0.25, 0.3) is 0 Å². The molecular weight excluding hydrogens is 308 g/mol. The van der Waals surface area contributed by atoms with E-state index in [0.29, 0.717) is 5.92 Å². The fourth-order valence-corrected chi connectivity index (χ4v) is 7.74. The van der Waals surface area contributed by atoms with Gasteiger partial charge in [-0.2, -0.15) is 0 Å². The van der Waals surface area contributed by atoms with E-state index in [1.807, 2.05) is 0 Å². The van der Waals surface area contributed by atoms with Gasteiger partial charge < -0.3 is 4.74 Å². The smallest absolute Gasteiger partial charge is 0.309 e. The summed E-state index contributed by atoms with van der Waals surface area (Å²) in [7, 11) is 0. The van der Waals surface area contributed by atoms with Crippen LogP contribution in [0.15, 0.2) is 0 Å². The molecule has 0 amide bonds. The molecule has 2 heteroatoms. The molecule has 4 fully saturated rings. The molecule has 0 saturated heterocycles. The number of rotatable bonds is 6. The van der Waals surface area contributed by atoms with E-state index in [9.17, 15) is 4.79 Å². The number of hydrogen-bond donors (Lipinski definition) is 0. The van der Waals surface area contributed by atoms with E-state index in [2.05, 4.69) is 20.8 Å². The van der Waals surface area contributed by atoms with Gasteiger partial charge >= 0.3 is 5.97 Å². The minimum atomic E-state index is -0.108. The van der Waals surface area contributed by atoms with Gasteiger partial charge in [0.2, 0.25) is 0 Å². The first-order valence-electron chi connectivity index (χ1n) is 11.3. The molecule has 0 aromatic carbocycles. The zero-order chi connectivity index (χ0) is 17.6. The Morgan fingerprint density at radius 2 is 1.76 bits per heavy atom. The van der Waals surface area contributed by atoms with Crippen molar-refractivity contribution in [3.8, 4) is 0 Å². The van der Waals surface area contributed by atoms with Crippen LogP contribution in [0.5, 0.6) is 0 Å². The van der Waals surface area contributed by atoms with Crippen molar-refractivity contribution < 1.29 is 9.53 Å². The topological polar surface area (TPSA) is 26.3 Å². The Hall–Kier alpha value is -0.530. The number of carbonyl (C=O) groups excluding carboxylic acids is 1. The molecule has 4 aliphatic carbocycles. The minimum absolute atomic E-state index is 0.108. The maximum Gasteiger partial charge on any atom is 0.309 e. The Labute approximate surface area is 154 Å². The average molecular weight is 347 g/mol. The Balaban J connectivity index is 1.47. The summed E-state index contributed by atoms with van der Waals surface area (Å²) in [5.41, 5.74) is -0.108. The van der Waals surface area contributed by atoms with Gasteiger partial charge in [-0.1, -0.05) is 40.0 Å². The van der Waals surface area contributed by atoms with Gasteiger partial charge in [0.1, 0.15) is 5.60 Å². The summed E-state index contributed by atoms with van der Waals surface area (Å²) in [5.74, 6) is 5.46. The predicted molar refractivity (Wildman–Crippen MR) is 101 cm³/mol. The fraction of sp³-hybridized carbons (Fsp3) is 0.957. The third kappa shape index (κ3) is 2.86. The molecule has 0 aliphatic heterocycles. The Bertz CT molecular complexity index is 492. The second kappa shape index (κ2) is 6.89. The molecule has 4 rings (SSSR count). The van der Waals surface area contributed by atoms with E-state index in [1.54, 1.807) is 0 Å². The lowest BCUT2D eigenvalue weighted by atomic mass is 9.70. The quantitative estimate of drug-likeness (QED) is 0.552. The molecule has 0 heterocycles. The molecule has 4 aliphatic rings.